The summed E-state index contributed by atoms with van der Waals surface area (Å²) in [6.45, 7) is 13.0. The van der Waals surface area contributed by atoms with Gasteiger partial charge in [-0.3, -0.25) is 4.79 Å². The molecule has 0 unspecified atom stereocenters. The largest absolute Gasteiger partial charge is 0.507 e. The van der Waals surface area contributed by atoms with Crippen molar-refractivity contribution in [2.75, 3.05) is 12.3 Å². The maximum atomic E-state index is 12.5. The molecule has 0 aromatic heterocycles. The van der Waals surface area contributed by atoms with Gasteiger partial charge in [0.2, 0.25) is 5.91 Å². The highest BCUT2D eigenvalue weighted by Crippen LogP contribution is 2.41. The molecule has 0 spiro atoms. The number of carbonyl (C=O) groups is 2. The Labute approximate surface area is 172 Å². The highest BCUT2D eigenvalue weighted by molar-refractivity contribution is 7.99. The molecule has 2 rings (SSSR count). The lowest BCUT2D eigenvalue weighted by Crippen LogP contribution is -2.40. The van der Waals surface area contributed by atoms with Crippen LogP contribution in [0.4, 0.5) is 0 Å². The van der Waals surface area contributed by atoms with Crippen LogP contribution < -0.4 is 0 Å². The van der Waals surface area contributed by atoms with Crippen LogP contribution in [0, 0.1) is 0 Å². The Morgan fingerprint density at radius 1 is 1.11 bits per heavy atom. The smallest absolute Gasteiger partial charge is 0.326 e. The first-order valence-electron chi connectivity index (χ1n) is 9.85. The SMILES string of the molecule is CC(C)(C)c1cc(SCCC(=O)N2CCC[C@H]2C(=O)O)cc(C(C)(C)C)c1O. The fourth-order valence-electron chi connectivity index (χ4n) is 3.56. The lowest BCUT2D eigenvalue weighted by Gasteiger charge is -2.28. The highest BCUT2D eigenvalue weighted by atomic mass is 32.2. The zero-order chi connectivity index (χ0) is 21.3. The lowest BCUT2D eigenvalue weighted by atomic mass is 9.79. The molecule has 2 N–H and O–H groups in total. The molecule has 1 amide bonds. The van der Waals surface area contributed by atoms with Crippen LogP contribution in [0.15, 0.2) is 17.0 Å². The van der Waals surface area contributed by atoms with E-state index < -0.39 is 12.0 Å². The number of phenolic OH excluding ortho intramolecular Hbond substituents is 1. The number of nitrogens with zero attached hydrogens (tertiary/aromatic N) is 1. The van der Waals surface area contributed by atoms with Crippen molar-refractivity contribution < 1.29 is 19.8 Å². The van der Waals surface area contributed by atoms with Gasteiger partial charge in [-0.1, -0.05) is 41.5 Å². The minimum atomic E-state index is -0.915. The number of phenols is 1. The average molecular weight is 408 g/mol. The van der Waals surface area contributed by atoms with Gasteiger partial charge in [-0.25, -0.2) is 4.79 Å². The molecule has 1 heterocycles. The molecule has 28 heavy (non-hydrogen) atoms. The number of likely N-dealkylation sites (tertiary alicyclic amines) is 1. The number of carboxylic acid groups (broad SMARTS) is 1. The van der Waals surface area contributed by atoms with Gasteiger partial charge in [0.1, 0.15) is 11.8 Å². The maximum absolute atomic E-state index is 12.5. The van der Waals surface area contributed by atoms with Gasteiger partial charge in [-0.15, -0.1) is 11.8 Å². The van der Waals surface area contributed by atoms with Crippen molar-refractivity contribution in [1.82, 2.24) is 4.90 Å². The number of carbonyl (C=O) groups excluding carboxylic acids is 1. The molecular formula is C22H33NO4S. The van der Waals surface area contributed by atoms with Crippen LogP contribution in [-0.4, -0.2) is 45.3 Å². The molecule has 1 aromatic carbocycles. The number of benzene rings is 1. The number of amides is 1. The van der Waals surface area contributed by atoms with E-state index in [0.717, 1.165) is 22.4 Å². The van der Waals surface area contributed by atoms with E-state index >= 15 is 0 Å². The number of aromatic hydroxyl groups is 1. The first-order valence-corrected chi connectivity index (χ1v) is 10.8. The fraction of sp³-hybridized carbons (Fsp3) is 0.636. The summed E-state index contributed by atoms with van der Waals surface area (Å²) in [4.78, 5) is 26.3. The van der Waals surface area contributed by atoms with Crippen LogP contribution in [0.3, 0.4) is 0 Å². The molecule has 1 fully saturated rings. The number of hydrogen-bond donors (Lipinski definition) is 2. The van der Waals surface area contributed by atoms with E-state index in [-0.39, 0.29) is 16.7 Å². The van der Waals surface area contributed by atoms with Crippen molar-refractivity contribution in [3.8, 4) is 5.75 Å². The number of carboxylic acids is 1. The van der Waals surface area contributed by atoms with Crippen molar-refractivity contribution in [2.24, 2.45) is 0 Å². The number of hydrogen-bond acceptors (Lipinski definition) is 4. The molecule has 0 radical (unpaired) electrons. The summed E-state index contributed by atoms with van der Waals surface area (Å²) in [6, 6.07) is 3.34. The van der Waals surface area contributed by atoms with Crippen molar-refractivity contribution in [3.05, 3.63) is 23.3 Å². The summed E-state index contributed by atoms with van der Waals surface area (Å²) >= 11 is 1.58. The molecule has 6 heteroatoms. The van der Waals surface area contributed by atoms with Crippen LogP contribution in [0.2, 0.25) is 0 Å². The molecule has 5 nitrogen and oxygen atoms in total. The molecule has 1 aliphatic heterocycles. The van der Waals surface area contributed by atoms with Gasteiger partial charge in [0.25, 0.3) is 0 Å². The third kappa shape index (κ3) is 5.22. The van der Waals surface area contributed by atoms with Crippen LogP contribution in [0.25, 0.3) is 0 Å². The molecule has 0 saturated carbocycles. The summed E-state index contributed by atoms with van der Waals surface area (Å²) in [6.07, 6.45) is 1.60. The Hall–Kier alpha value is -1.69. The Bertz CT molecular complexity index is 711. The summed E-state index contributed by atoms with van der Waals surface area (Å²) in [5.41, 5.74) is 1.42. The lowest BCUT2D eigenvalue weighted by molar-refractivity contribution is -0.148. The number of rotatable bonds is 5. The van der Waals surface area contributed by atoms with E-state index in [1.165, 1.54) is 4.90 Å². The average Bonchev–Trinajstić information content (AvgIpc) is 3.03. The van der Waals surface area contributed by atoms with Gasteiger partial charge in [-0.2, -0.15) is 0 Å². The second kappa shape index (κ2) is 8.36. The summed E-state index contributed by atoms with van der Waals surface area (Å²) in [5, 5.41) is 20.0. The molecule has 1 aromatic rings. The Balaban J connectivity index is 2.14. The van der Waals surface area contributed by atoms with E-state index in [1.807, 2.05) is 12.1 Å². The van der Waals surface area contributed by atoms with Gasteiger partial charge < -0.3 is 15.1 Å². The molecule has 0 bridgehead atoms. The molecule has 1 aliphatic rings. The minimum absolute atomic E-state index is 0.0942. The quantitative estimate of drug-likeness (QED) is 0.701. The minimum Gasteiger partial charge on any atom is -0.507 e. The first-order chi connectivity index (χ1) is 12.8. The van der Waals surface area contributed by atoms with Gasteiger partial charge in [0.15, 0.2) is 0 Å². The van der Waals surface area contributed by atoms with E-state index in [0.29, 0.717) is 30.9 Å². The number of thioether (sulfide) groups is 1. The monoisotopic (exact) mass is 407 g/mol. The van der Waals surface area contributed by atoms with E-state index in [4.69, 9.17) is 0 Å². The van der Waals surface area contributed by atoms with Crippen LogP contribution >= 0.6 is 11.8 Å². The van der Waals surface area contributed by atoms with Crippen LogP contribution in [0.5, 0.6) is 5.75 Å². The third-order valence-electron chi connectivity index (χ3n) is 5.14. The fourth-order valence-corrected chi connectivity index (χ4v) is 4.47. The predicted molar refractivity (Wildman–Crippen MR) is 113 cm³/mol. The normalized spacial score (nSPS) is 17.8. The Kier molecular flexibility index (Phi) is 6.74. The van der Waals surface area contributed by atoms with Gasteiger partial charge in [0, 0.05) is 34.7 Å². The predicted octanol–water partition coefficient (Wildman–Crippen LogP) is 4.55. The molecule has 0 aliphatic carbocycles. The van der Waals surface area contributed by atoms with Crippen molar-refractivity contribution in [1.29, 1.82) is 0 Å². The van der Waals surface area contributed by atoms with E-state index in [9.17, 15) is 19.8 Å². The highest BCUT2D eigenvalue weighted by Gasteiger charge is 2.33. The zero-order valence-corrected chi connectivity index (χ0v) is 18.7. The molecule has 1 saturated heterocycles. The summed E-state index contributed by atoms with van der Waals surface area (Å²) in [7, 11) is 0. The first kappa shape index (κ1) is 22.6. The van der Waals surface area contributed by atoms with E-state index in [2.05, 4.69) is 41.5 Å². The maximum Gasteiger partial charge on any atom is 0.326 e. The third-order valence-corrected chi connectivity index (χ3v) is 6.12. The van der Waals surface area contributed by atoms with Gasteiger partial charge in [-0.05, 0) is 35.8 Å². The second-order valence-electron chi connectivity index (χ2n) is 9.55. The molecule has 1 atom stereocenters. The topological polar surface area (TPSA) is 77.8 Å². The van der Waals surface area contributed by atoms with Gasteiger partial charge in [0.05, 0.1) is 0 Å². The second-order valence-corrected chi connectivity index (χ2v) is 10.7. The van der Waals surface area contributed by atoms with E-state index in [1.54, 1.807) is 11.8 Å². The number of aliphatic carboxylic acids is 1. The molecular weight excluding hydrogens is 374 g/mol. The molecule has 156 valence electrons. The van der Waals surface area contributed by atoms with Crippen LogP contribution in [0.1, 0.15) is 71.9 Å². The Morgan fingerprint density at radius 2 is 1.64 bits per heavy atom. The summed E-state index contributed by atoms with van der Waals surface area (Å²) < 4.78 is 0. The van der Waals surface area contributed by atoms with Crippen molar-refractivity contribution in [2.45, 2.75) is 82.6 Å². The van der Waals surface area contributed by atoms with Crippen LogP contribution in [-0.2, 0) is 20.4 Å². The summed E-state index contributed by atoms with van der Waals surface area (Å²) in [5.74, 6) is -0.0775. The van der Waals surface area contributed by atoms with Gasteiger partial charge >= 0.3 is 5.97 Å². The zero-order valence-electron chi connectivity index (χ0n) is 17.8. The Morgan fingerprint density at radius 3 is 2.11 bits per heavy atom. The van der Waals surface area contributed by atoms with Crippen molar-refractivity contribution in [3.63, 3.8) is 0 Å². The standard InChI is InChI=1S/C22H33NO4S/c1-21(2,3)15-12-14(13-16(19(15)25)22(4,5)6)28-11-9-18(24)23-10-7-8-17(23)20(26)27/h12-13,17,25H,7-11H2,1-6H3,(H,26,27)/t17-/m0/s1. The van der Waals surface area contributed by atoms with Crippen molar-refractivity contribution >= 4 is 23.6 Å².